The summed E-state index contributed by atoms with van der Waals surface area (Å²) in [5.41, 5.74) is 2.28. The highest BCUT2D eigenvalue weighted by atomic mass is 16.5. The Kier molecular flexibility index (Phi) is 6.62. The third-order valence-electron chi connectivity index (χ3n) is 4.18. The Morgan fingerprint density at radius 3 is 2.86 bits per heavy atom. The Hall–Kier alpha value is -2.91. The van der Waals surface area contributed by atoms with Crippen molar-refractivity contribution >= 4 is 23.2 Å². The first kappa shape index (κ1) is 19.8. The number of nitrogens with one attached hydrogen (secondary N) is 3. The number of hydrogen-bond donors (Lipinski definition) is 3. The van der Waals surface area contributed by atoms with Gasteiger partial charge in [-0.2, -0.15) is 0 Å². The molecule has 2 heterocycles. The highest BCUT2D eigenvalue weighted by Gasteiger charge is 2.16. The molecule has 1 atom stereocenters. The molecule has 9 nitrogen and oxygen atoms in total. The largest absolute Gasteiger partial charge is 0.489 e. The molecule has 3 N–H and O–H groups in total. The van der Waals surface area contributed by atoms with Crippen molar-refractivity contribution in [3.63, 3.8) is 0 Å². The maximum atomic E-state index is 12.4. The average molecular weight is 386 g/mol. The van der Waals surface area contributed by atoms with Gasteiger partial charge in [0, 0.05) is 32.9 Å². The molecule has 1 aliphatic rings. The van der Waals surface area contributed by atoms with Gasteiger partial charge < -0.3 is 25.0 Å². The standard InChI is InChI=1S/C19H26N6O3/c1-13-9-22-18(11-21-13)24-19(26)23-16-8-14(25(2)3)4-5-17(16)28-12-15-10-20-6-7-27-15/h4-5,8-9,11,15,20H,6-7,10,12H2,1-3H3,(H2,22,23,24,26)/t15-/m0/s1. The van der Waals surface area contributed by atoms with Crippen molar-refractivity contribution in [1.29, 1.82) is 0 Å². The Morgan fingerprint density at radius 2 is 2.18 bits per heavy atom. The Balaban J connectivity index is 1.69. The van der Waals surface area contributed by atoms with Crippen LogP contribution >= 0.6 is 0 Å². The van der Waals surface area contributed by atoms with Gasteiger partial charge in [0.1, 0.15) is 18.5 Å². The molecule has 9 heteroatoms. The zero-order valence-corrected chi connectivity index (χ0v) is 16.4. The van der Waals surface area contributed by atoms with E-state index >= 15 is 0 Å². The lowest BCUT2D eigenvalue weighted by molar-refractivity contribution is 0.000353. The summed E-state index contributed by atoms with van der Waals surface area (Å²) in [7, 11) is 3.87. The quantitative estimate of drug-likeness (QED) is 0.697. The van der Waals surface area contributed by atoms with E-state index in [1.54, 1.807) is 6.20 Å². The summed E-state index contributed by atoms with van der Waals surface area (Å²) in [6, 6.07) is 5.21. The average Bonchev–Trinajstić information content (AvgIpc) is 2.69. The monoisotopic (exact) mass is 386 g/mol. The van der Waals surface area contributed by atoms with E-state index in [1.807, 2.05) is 44.1 Å². The Morgan fingerprint density at radius 1 is 1.32 bits per heavy atom. The number of anilines is 3. The van der Waals surface area contributed by atoms with Crippen LogP contribution in [0.25, 0.3) is 0 Å². The van der Waals surface area contributed by atoms with Crippen molar-refractivity contribution in [2.75, 3.05) is 55.9 Å². The zero-order valence-electron chi connectivity index (χ0n) is 16.4. The summed E-state index contributed by atoms with van der Waals surface area (Å²) in [6.45, 7) is 4.49. The normalized spacial score (nSPS) is 16.3. The fourth-order valence-electron chi connectivity index (χ4n) is 2.66. The number of nitrogens with zero attached hydrogens (tertiary/aromatic N) is 3. The maximum Gasteiger partial charge on any atom is 0.325 e. The lowest BCUT2D eigenvalue weighted by Gasteiger charge is -2.24. The highest BCUT2D eigenvalue weighted by Crippen LogP contribution is 2.29. The van der Waals surface area contributed by atoms with E-state index in [2.05, 4.69) is 25.9 Å². The van der Waals surface area contributed by atoms with Gasteiger partial charge in [0.15, 0.2) is 5.82 Å². The number of aryl methyl sites for hydroxylation is 1. The lowest BCUT2D eigenvalue weighted by atomic mass is 10.2. The molecule has 1 fully saturated rings. The summed E-state index contributed by atoms with van der Waals surface area (Å²) in [6.07, 6.45) is 3.08. The van der Waals surface area contributed by atoms with Crippen LogP contribution in [0.15, 0.2) is 30.6 Å². The van der Waals surface area contributed by atoms with Crippen LogP contribution in [0.1, 0.15) is 5.69 Å². The van der Waals surface area contributed by atoms with E-state index in [-0.39, 0.29) is 6.10 Å². The number of amides is 2. The summed E-state index contributed by atoms with van der Waals surface area (Å²) in [5.74, 6) is 0.945. The van der Waals surface area contributed by atoms with Crippen LogP contribution in [0.3, 0.4) is 0 Å². The number of benzene rings is 1. The molecule has 28 heavy (non-hydrogen) atoms. The second kappa shape index (κ2) is 9.34. The summed E-state index contributed by atoms with van der Waals surface area (Å²) >= 11 is 0. The van der Waals surface area contributed by atoms with E-state index in [9.17, 15) is 4.79 Å². The lowest BCUT2D eigenvalue weighted by Crippen LogP contribution is -2.41. The molecule has 1 saturated heterocycles. The van der Waals surface area contributed by atoms with Crippen molar-refractivity contribution < 1.29 is 14.3 Å². The molecule has 150 valence electrons. The molecule has 0 radical (unpaired) electrons. The predicted octanol–water partition coefficient (Wildman–Crippen LogP) is 1.86. The molecule has 0 aliphatic carbocycles. The van der Waals surface area contributed by atoms with Gasteiger partial charge in [0.25, 0.3) is 0 Å². The van der Waals surface area contributed by atoms with Gasteiger partial charge in [0.05, 0.1) is 30.4 Å². The number of morpholine rings is 1. The van der Waals surface area contributed by atoms with E-state index in [1.165, 1.54) is 6.20 Å². The fraction of sp³-hybridized carbons (Fsp3) is 0.421. The number of rotatable bonds is 6. The van der Waals surface area contributed by atoms with Gasteiger partial charge in [-0.1, -0.05) is 0 Å². The van der Waals surface area contributed by atoms with Gasteiger partial charge >= 0.3 is 6.03 Å². The first-order valence-electron chi connectivity index (χ1n) is 9.14. The van der Waals surface area contributed by atoms with Crippen molar-refractivity contribution in [2.24, 2.45) is 0 Å². The van der Waals surface area contributed by atoms with Crippen molar-refractivity contribution in [1.82, 2.24) is 15.3 Å². The maximum absolute atomic E-state index is 12.4. The smallest absolute Gasteiger partial charge is 0.325 e. The van der Waals surface area contributed by atoms with Crippen molar-refractivity contribution in [2.45, 2.75) is 13.0 Å². The molecular formula is C19H26N6O3. The van der Waals surface area contributed by atoms with E-state index < -0.39 is 6.03 Å². The molecule has 0 spiro atoms. The Labute approximate surface area is 164 Å². The summed E-state index contributed by atoms with van der Waals surface area (Å²) in [5, 5.41) is 8.77. The van der Waals surface area contributed by atoms with Crippen LogP contribution in [0, 0.1) is 6.92 Å². The molecular weight excluding hydrogens is 360 g/mol. The van der Waals surface area contributed by atoms with Gasteiger partial charge in [-0.3, -0.25) is 10.3 Å². The minimum atomic E-state index is -0.422. The second-order valence-corrected chi connectivity index (χ2v) is 6.70. The van der Waals surface area contributed by atoms with Crippen LogP contribution in [0.2, 0.25) is 0 Å². The van der Waals surface area contributed by atoms with Gasteiger partial charge in [-0.25, -0.2) is 9.78 Å². The van der Waals surface area contributed by atoms with Crippen LogP contribution in [0.5, 0.6) is 5.75 Å². The third-order valence-corrected chi connectivity index (χ3v) is 4.18. The number of ether oxygens (including phenoxy) is 2. The first-order chi connectivity index (χ1) is 13.5. The fourth-order valence-corrected chi connectivity index (χ4v) is 2.66. The molecule has 1 aromatic carbocycles. The second-order valence-electron chi connectivity index (χ2n) is 6.70. The number of carbonyl (C=O) groups is 1. The van der Waals surface area contributed by atoms with Crippen LogP contribution in [-0.2, 0) is 4.74 Å². The van der Waals surface area contributed by atoms with Gasteiger partial charge in [0.2, 0.25) is 0 Å². The number of urea groups is 1. The SMILES string of the molecule is Cc1cnc(NC(=O)Nc2cc(N(C)C)ccc2OC[C@@H]2CNCCO2)cn1. The van der Waals surface area contributed by atoms with E-state index in [0.29, 0.717) is 30.5 Å². The molecule has 1 aromatic heterocycles. The zero-order chi connectivity index (χ0) is 19.9. The minimum Gasteiger partial charge on any atom is -0.489 e. The topological polar surface area (TPSA) is 101 Å². The summed E-state index contributed by atoms with van der Waals surface area (Å²) < 4.78 is 11.6. The van der Waals surface area contributed by atoms with Crippen molar-refractivity contribution in [3.05, 3.63) is 36.3 Å². The molecule has 0 saturated carbocycles. The van der Waals surface area contributed by atoms with Gasteiger partial charge in [-0.15, -0.1) is 0 Å². The van der Waals surface area contributed by atoms with E-state index in [4.69, 9.17) is 9.47 Å². The molecule has 1 aliphatic heterocycles. The van der Waals surface area contributed by atoms with Crippen LogP contribution in [0.4, 0.5) is 22.0 Å². The molecule has 2 amide bonds. The van der Waals surface area contributed by atoms with Crippen LogP contribution < -0.4 is 25.6 Å². The Bertz CT molecular complexity index is 791. The molecule has 2 aromatic rings. The molecule has 3 rings (SSSR count). The van der Waals surface area contributed by atoms with Crippen molar-refractivity contribution in [3.8, 4) is 5.75 Å². The molecule has 0 unspecified atom stereocenters. The third kappa shape index (κ3) is 5.54. The predicted molar refractivity (Wildman–Crippen MR) is 108 cm³/mol. The van der Waals surface area contributed by atoms with Gasteiger partial charge in [-0.05, 0) is 25.1 Å². The highest BCUT2D eigenvalue weighted by molar-refractivity contribution is 6.00. The number of carbonyl (C=O) groups excluding carboxylic acids is 1. The first-order valence-corrected chi connectivity index (χ1v) is 9.14. The number of hydrogen-bond acceptors (Lipinski definition) is 7. The minimum absolute atomic E-state index is 0.0215. The molecule has 0 bridgehead atoms. The van der Waals surface area contributed by atoms with Crippen LogP contribution in [-0.4, -0.2) is 62.5 Å². The number of aromatic nitrogens is 2. The van der Waals surface area contributed by atoms with E-state index in [0.717, 1.165) is 24.5 Å². The summed E-state index contributed by atoms with van der Waals surface area (Å²) in [4.78, 5) is 22.6.